The van der Waals surface area contributed by atoms with Crippen LogP contribution in [0.4, 0.5) is 0 Å². The lowest BCUT2D eigenvalue weighted by atomic mass is 10.1. The molecule has 0 aromatic heterocycles. The molecule has 1 aromatic rings. The van der Waals surface area contributed by atoms with E-state index in [1.165, 1.54) is 4.90 Å². The maximum Gasteiger partial charge on any atom is 0.259 e. The molecule has 0 aliphatic heterocycles. The zero-order valence-electron chi connectivity index (χ0n) is 10.5. The highest BCUT2D eigenvalue weighted by Crippen LogP contribution is 2.19. The van der Waals surface area contributed by atoms with Gasteiger partial charge in [-0.1, -0.05) is 19.1 Å². The van der Waals surface area contributed by atoms with E-state index in [1.54, 1.807) is 26.2 Å². The Morgan fingerprint density at radius 3 is 2.41 bits per heavy atom. The Balaban J connectivity index is 2.54. The van der Waals surface area contributed by atoms with Crippen molar-refractivity contribution in [1.82, 2.24) is 4.90 Å². The Bertz CT molecular complexity index is 359. The fraction of sp³-hybridized carbons (Fsp3) is 0.462. The second-order valence-electron chi connectivity index (χ2n) is 4.07. The van der Waals surface area contributed by atoms with E-state index < -0.39 is 6.10 Å². The Hall–Kier alpha value is -1.55. The number of aliphatic hydroxyl groups excluding tert-OH is 1. The van der Waals surface area contributed by atoms with E-state index in [9.17, 15) is 9.90 Å². The fourth-order valence-electron chi connectivity index (χ4n) is 1.30. The molecule has 0 aliphatic carbocycles. The van der Waals surface area contributed by atoms with E-state index in [-0.39, 0.29) is 12.5 Å². The van der Waals surface area contributed by atoms with E-state index in [4.69, 9.17) is 4.74 Å². The van der Waals surface area contributed by atoms with Crippen LogP contribution in [-0.2, 0) is 4.79 Å². The molecule has 4 nitrogen and oxygen atoms in total. The fourth-order valence-corrected chi connectivity index (χ4v) is 1.30. The smallest absolute Gasteiger partial charge is 0.259 e. The zero-order chi connectivity index (χ0) is 12.8. The molecule has 0 bridgehead atoms. The third-order valence-electron chi connectivity index (χ3n) is 2.51. The Morgan fingerprint density at radius 1 is 1.35 bits per heavy atom. The van der Waals surface area contributed by atoms with Gasteiger partial charge in [-0.3, -0.25) is 4.79 Å². The molecule has 1 unspecified atom stereocenters. The van der Waals surface area contributed by atoms with Crippen LogP contribution in [0.25, 0.3) is 0 Å². The number of carbonyl (C=O) groups excluding carboxylic acids is 1. The first-order valence-electron chi connectivity index (χ1n) is 5.65. The summed E-state index contributed by atoms with van der Waals surface area (Å²) in [5.41, 5.74) is 0.860. The molecule has 1 N–H and O–H groups in total. The number of benzene rings is 1. The molecule has 0 fully saturated rings. The van der Waals surface area contributed by atoms with Gasteiger partial charge in [0.15, 0.2) is 6.61 Å². The highest BCUT2D eigenvalue weighted by atomic mass is 16.5. The molecular weight excluding hydrogens is 218 g/mol. The van der Waals surface area contributed by atoms with Crippen molar-refractivity contribution in [2.45, 2.75) is 19.4 Å². The van der Waals surface area contributed by atoms with Crippen LogP contribution >= 0.6 is 0 Å². The molecule has 1 amide bonds. The highest BCUT2D eigenvalue weighted by molar-refractivity contribution is 5.77. The first-order valence-corrected chi connectivity index (χ1v) is 5.65. The van der Waals surface area contributed by atoms with E-state index in [0.717, 1.165) is 5.56 Å². The molecule has 0 heterocycles. The molecule has 17 heavy (non-hydrogen) atoms. The quantitative estimate of drug-likeness (QED) is 0.846. The van der Waals surface area contributed by atoms with Crippen LogP contribution in [0.3, 0.4) is 0 Å². The zero-order valence-corrected chi connectivity index (χ0v) is 10.5. The van der Waals surface area contributed by atoms with Crippen molar-refractivity contribution in [3.05, 3.63) is 29.8 Å². The summed E-state index contributed by atoms with van der Waals surface area (Å²) in [4.78, 5) is 12.8. The number of amides is 1. The third-order valence-corrected chi connectivity index (χ3v) is 2.51. The van der Waals surface area contributed by atoms with Gasteiger partial charge >= 0.3 is 0 Å². The third kappa shape index (κ3) is 4.07. The molecule has 0 saturated heterocycles. The second-order valence-corrected chi connectivity index (χ2v) is 4.07. The average molecular weight is 237 g/mol. The monoisotopic (exact) mass is 237 g/mol. The molecule has 4 heteroatoms. The molecule has 0 saturated carbocycles. The summed E-state index contributed by atoms with van der Waals surface area (Å²) in [6.07, 6.45) is 0.242. The van der Waals surface area contributed by atoms with Gasteiger partial charge in [0, 0.05) is 14.1 Å². The summed E-state index contributed by atoms with van der Waals surface area (Å²) in [6.45, 7) is 1.95. The lowest BCUT2D eigenvalue weighted by molar-refractivity contribution is -0.130. The largest absolute Gasteiger partial charge is 0.484 e. The lowest BCUT2D eigenvalue weighted by Crippen LogP contribution is -2.27. The van der Waals surface area contributed by atoms with Gasteiger partial charge < -0.3 is 14.7 Å². The van der Waals surface area contributed by atoms with Crippen molar-refractivity contribution in [2.75, 3.05) is 20.7 Å². The van der Waals surface area contributed by atoms with E-state index in [2.05, 4.69) is 0 Å². The maximum absolute atomic E-state index is 11.3. The summed E-state index contributed by atoms with van der Waals surface area (Å²) < 4.78 is 5.32. The van der Waals surface area contributed by atoms with Crippen LogP contribution in [-0.4, -0.2) is 36.6 Å². The van der Waals surface area contributed by atoms with Gasteiger partial charge in [-0.15, -0.1) is 0 Å². The number of ether oxygens (including phenoxy) is 1. The number of aliphatic hydroxyl groups is 1. The maximum atomic E-state index is 11.3. The number of hydrogen-bond donors (Lipinski definition) is 1. The summed E-state index contributed by atoms with van der Waals surface area (Å²) in [6, 6.07) is 7.14. The number of likely N-dealkylation sites (N-methyl/N-ethyl adjacent to an activating group) is 1. The normalized spacial score (nSPS) is 12.0. The van der Waals surface area contributed by atoms with E-state index >= 15 is 0 Å². The summed E-state index contributed by atoms with van der Waals surface area (Å²) in [5, 5.41) is 9.61. The summed E-state index contributed by atoms with van der Waals surface area (Å²) in [7, 11) is 3.37. The first kappa shape index (κ1) is 13.5. The van der Waals surface area contributed by atoms with Crippen molar-refractivity contribution in [1.29, 1.82) is 0 Å². The van der Waals surface area contributed by atoms with E-state index in [0.29, 0.717) is 12.2 Å². The number of hydrogen-bond acceptors (Lipinski definition) is 3. The minimum atomic E-state index is -0.438. The SMILES string of the molecule is CCC(O)c1ccc(OCC(=O)N(C)C)cc1. The summed E-state index contributed by atoms with van der Waals surface area (Å²) in [5.74, 6) is 0.551. The predicted molar refractivity (Wildman–Crippen MR) is 65.9 cm³/mol. The molecule has 0 spiro atoms. The topological polar surface area (TPSA) is 49.8 Å². The van der Waals surface area contributed by atoms with Gasteiger partial charge in [0.25, 0.3) is 5.91 Å². The average Bonchev–Trinajstić information content (AvgIpc) is 2.35. The molecule has 1 rings (SSSR count). The predicted octanol–water partition coefficient (Wildman–Crippen LogP) is 1.60. The van der Waals surface area contributed by atoms with Crippen LogP contribution in [0.15, 0.2) is 24.3 Å². The minimum Gasteiger partial charge on any atom is -0.484 e. The Labute approximate surface area is 102 Å². The van der Waals surface area contributed by atoms with Crippen molar-refractivity contribution < 1.29 is 14.6 Å². The highest BCUT2D eigenvalue weighted by Gasteiger charge is 2.06. The number of rotatable bonds is 5. The van der Waals surface area contributed by atoms with Crippen molar-refractivity contribution >= 4 is 5.91 Å². The minimum absolute atomic E-state index is 0.0304. The number of nitrogens with zero attached hydrogens (tertiary/aromatic N) is 1. The van der Waals surface area contributed by atoms with Gasteiger partial charge in [0.05, 0.1) is 6.10 Å². The van der Waals surface area contributed by atoms with E-state index in [1.807, 2.05) is 19.1 Å². The van der Waals surface area contributed by atoms with Crippen molar-refractivity contribution in [3.63, 3.8) is 0 Å². The molecule has 0 aliphatic rings. The molecule has 1 aromatic carbocycles. The Morgan fingerprint density at radius 2 is 1.94 bits per heavy atom. The second kappa shape index (κ2) is 6.25. The van der Waals surface area contributed by atoms with Crippen LogP contribution in [0.1, 0.15) is 25.0 Å². The standard InChI is InChI=1S/C13H19NO3/c1-4-12(15)10-5-7-11(8-6-10)17-9-13(16)14(2)3/h5-8,12,15H,4,9H2,1-3H3. The van der Waals surface area contributed by atoms with Gasteiger partial charge in [-0.25, -0.2) is 0 Å². The molecule has 1 atom stereocenters. The van der Waals surface area contributed by atoms with Gasteiger partial charge in [-0.05, 0) is 24.1 Å². The van der Waals surface area contributed by atoms with Crippen LogP contribution in [0.5, 0.6) is 5.75 Å². The Kier molecular flexibility index (Phi) is 4.97. The lowest BCUT2D eigenvalue weighted by Gasteiger charge is -2.12. The van der Waals surface area contributed by atoms with Crippen molar-refractivity contribution in [2.24, 2.45) is 0 Å². The first-order chi connectivity index (χ1) is 8.04. The van der Waals surface area contributed by atoms with Gasteiger partial charge in [-0.2, -0.15) is 0 Å². The molecule has 94 valence electrons. The van der Waals surface area contributed by atoms with Crippen LogP contribution in [0, 0.1) is 0 Å². The van der Waals surface area contributed by atoms with Gasteiger partial charge in [0.1, 0.15) is 5.75 Å². The van der Waals surface area contributed by atoms with Crippen LogP contribution in [0.2, 0.25) is 0 Å². The summed E-state index contributed by atoms with van der Waals surface area (Å²) >= 11 is 0. The number of carbonyl (C=O) groups is 1. The molecular formula is C13H19NO3. The van der Waals surface area contributed by atoms with Gasteiger partial charge in [0.2, 0.25) is 0 Å². The van der Waals surface area contributed by atoms with Crippen molar-refractivity contribution in [3.8, 4) is 5.75 Å². The molecule has 0 radical (unpaired) electrons. The van der Waals surface area contributed by atoms with Crippen LogP contribution < -0.4 is 4.74 Å².